The number of ether oxygens (including phenoxy) is 4. The Kier molecular flexibility index (Phi) is 6.98. The number of nitrogens with one attached hydrogen (secondary N) is 2. The number of hydrogen-bond acceptors (Lipinski definition) is 7. The van der Waals surface area contributed by atoms with Gasteiger partial charge in [-0.15, -0.1) is 0 Å². The molecule has 0 saturated carbocycles. The van der Waals surface area contributed by atoms with Gasteiger partial charge in [-0.1, -0.05) is 18.2 Å². The zero-order valence-corrected chi connectivity index (χ0v) is 18.6. The minimum absolute atomic E-state index is 0.240. The molecule has 2 amide bonds. The van der Waals surface area contributed by atoms with E-state index in [0.29, 0.717) is 43.4 Å². The Morgan fingerprint density at radius 2 is 1.88 bits per heavy atom. The van der Waals surface area contributed by atoms with Gasteiger partial charge >= 0.3 is 12.0 Å². The number of amides is 2. The van der Waals surface area contributed by atoms with Gasteiger partial charge in [0, 0.05) is 43.7 Å². The summed E-state index contributed by atoms with van der Waals surface area (Å²) in [5, 5.41) is 5.73. The number of urea groups is 1. The van der Waals surface area contributed by atoms with Crippen LogP contribution in [-0.2, 0) is 19.0 Å². The molecule has 4 rings (SSSR count). The van der Waals surface area contributed by atoms with E-state index >= 15 is 0 Å². The third-order valence-corrected chi connectivity index (χ3v) is 5.99. The molecule has 9 heteroatoms. The Hall–Kier alpha value is -2.62. The molecule has 2 fully saturated rings. The first kappa shape index (κ1) is 22.6. The van der Waals surface area contributed by atoms with Gasteiger partial charge in [0.05, 0.1) is 38.0 Å². The average Bonchev–Trinajstić information content (AvgIpc) is 3.24. The van der Waals surface area contributed by atoms with Crippen LogP contribution in [0.2, 0.25) is 0 Å². The normalized spacial score (nSPS) is 23.1. The highest BCUT2D eigenvalue weighted by Crippen LogP contribution is 2.35. The summed E-state index contributed by atoms with van der Waals surface area (Å²) >= 11 is 0. The van der Waals surface area contributed by atoms with Gasteiger partial charge in [0.15, 0.2) is 5.79 Å². The molecule has 1 aromatic carbocycles. The number of esters is 1. The maximum atomic E-state index is 13.0. The predicted octanol–water partition coefficient (Wildman–Crippen LogP) is 2.10. The minimum atomic E-state index is -0.668. The summed E-state index contributed by atoms with van der Waals surface area (Å²) in [6.45, 7) is 7.53. The highest BCUT2D eigenvalue weighted by Gasteiger charge is 2.41. The molecule has 0 aromatic heterocycles. The lowest BCUT2D eigenvalue weighted by Gasteiger charge is -2.39. The molecule has 0 bridgehead atoms. The fourth-order valence-corrected chi connectivity index (χ4v) is 4.49. The summed E-state index contributed by atoms with van der Waals surface area (Å²) in [6, 6.07) is 6.39. The van der Waals surface area contributed by atoms with Crippen LogP contribution in [0.15, 0.2) is 35.5 Å². The Labute approximate surface area is 188 Å². The van der Waals surface area contributed by atoms with E-state index < -0.39 is 17.8 Å². The number of piperidine rings is 1. The molecule has 3 aliphatic heterocycles. The maximum absolute atomic E-state index is 13.0. The Balaban J connectivity index is 1.63. The number of benzene rings is 1. The zero-order chi connectivity index (χ0) is 22.6. The lowest BCUT2D eigenvalue weighted by atomic mass is 9.93. The van der Waals surface area contributed by atoms with Gasteiger partial charge in [-0.3, -0.25) is 4.90 Å². The molecular weight excluding hydrogens is 414 g/mol. The number of carbonyl (C=O) groups excluding carboxylic acids is 2. The fraction of sp³-hybridized carbons (Fsp3) is 0.565. The minimum Gasteiger partial charge on any atom is -0.494 e. The summed E-state index contributed by atoms with van der Waals surface area (Å²) in [7, 11) is 0. The number of hydrogen-bond donors (Lipinski definition) is 2. The van der Waals surface area contributed by atoms with Gasteiger partial charge in [-0.25, -0.2) is 9.59 Å². The number of rotatable bonds is 7. The van der Waals surface area contributed by atoms with Crippen LogP contribution in [-0.4, -0.2) is 68.7 Å². The van der Waals surface area contributed by atoms with E-state index in [0.717, 1.165) is 31.5 Å². The van der Waals surface area contributed by atoms with Gasteiger partial charge in [0.1, 0.15) is 5.75 Å². The first-order valence-corrected chi connectivity index (χ1v) is 11.2. The lowest BCUT2D eigenvalue weighted by molar-refractivity contribution is -0.184. The van der Waals surface area contributed by atoms with Crippen LogP contribution >= 0.6 is 0 Å². The van der Waals surface area contributed by atoms with E-state index in [4.69, 9.17) is 18.9 Å². The molecule has 2 saturated heterocycles. The van der Waals surface area contributed by atoms with Crippen molar-refractivity contribution in [2.24, 2.45) is 0 Å². The fourth-order valence-electron chi connectivity index (χ4n) is 4.49. The van der Waals surface area contributed by atoms with Crippen LogP contribution in [0.3, 0.4) is 0 Å². The molecule has 0 radical (unpaired) electrons. The van der Waals surface area contributed by atoms with Crippen molar-refractivity contribution < 1.29 is 28.5 Å². The van der Waals surface area contributed by atoms with Crippen molar-refractivity contribution >= 4 is 12.0 Å². The molecule has 1 aromatic rings. The molecular formula is C23H31N3O6. The quantitative estimate of drug-likeness (QED) is 0.620. The van der Waals surface area contributed by atoms with Gasteiger partial charge in [-0.2, -0.15) is 0 Å². The largest absolute Gasteiger partial charge is 0.494 e. The Morgan fingerprint density at radius 1 is 1.16 bits per heavy atom. The third kappa shape index (κ3) is 4.74. The van der Waals surface area contributed by atoms with Crippen molar-refractivity contribution in [3.05, 3.63) is 41.1 Å². The first-order valence-electron chi connectivity index (χ1n) is 11.2. The van der Waals surface area contributed by atoms with E-state index in [9.17, 15) is 9.59 Å². The number of carbonyl (C=O) groups is 2. The summed E-state index contributed by atoms with van der Waals surface area (Å²) in [6.07, 6.45) is 1.50. The molecule has 3 heterocycles. The monoisotopic (exact) mass is 445 g/mol. The summed E-state index contributed by atoms with van der Waals surface area (Å²) in [4.78, 5) is 27.8. The third-order valence-electron chi connectivity index (χ3n) is 5.99. The zero-order valence-electron chi connectivity index (χ0n) is 18.6. The number of likely N-dealkylation sites (tertiary alicyclic amines) is 1. The summed E-state index contributed by atoms with van der Waals surface area (Å²) in [5.74, 6) is -0.313. The molecule has 1 spiro atoms. The van der Waals surface area contributed by atoms with Gasteiger partial charge in [-0.05, 0) is 19.9 Å². The van der Waals surface area contributed by atoms with Crippen molar-refractivity contribution in [1.82, 2.24) is 15.5 Å². The second-order valence-electron chi connectivity index (χ2n) is 8.00. The predicted molar refractivity (Wildman–Crippen MR) is 116 cm³/mol. The van der Waals surface area contributed by atoms with Crippen LogP contribution in [0, 0.1) is 0 Å². The van der Waals surface area contributed by atoms with Crippen molar-refractivity contribution in [2.45, 2.75) is 38.5 Å². The van der Waals surface area contributed by atoms with E-state index in [1.165, 1.54) is 0 Å². The van der Waals surface area contributed by atoms with Crippen molar-refractivity contribution in [2.75, 3.05) is 46.1 Å². The molecule has 9 nitrogen and oxygen atoms in total. The summed E-state index contributed by atoms with van der Waals surface area (Å²) in [5.41, 5.74) is 1.66. The molecule has 1 atom stereocenters. The van der Waals surface area contributed by atoms with E-state index in [1.807, 2.05) is 31.2 Å². The molecule has 3 aliphatic rings. The first-order chi connectivity index (χ1) is 15.5. The smallest absolute Gasteiger partial charge is 0.338 e. The van der Waals surface area contributed by atoms with E-state index in [1.54, 1.807) is 6.92 Å². The number of para-hydroxylation sites is 1. The average molecular weight is 446 g/mol. The van der Waals surface area contributed by atoms with Gasteiger partial charge in [0.2, 0.25) is 0 Å². The summed E-state index contributed by atoms with van der Waals surface area (Å²) < 4.78 is 22.8. The van der Waals surface area contributed by atoms with Gasteiger partial charge < -0.3 is 29.6 Å². The molecule has 2 N–H and O–H groups in total. The molecule has 1 unspecified atom stereocenters. The number of nitrogens with zero attached hydrogens (tertiary/aromatic N) is 1. The second-order valence-corrected chi connectivity index (χ2v) is 8.00. The standard InChI is InChI=1S/C23H31N3O6/c1-3-29-18-8-6-5-7-16(18)20-19(21(27)30-4-2)17(24-22(28)25-20)15-26-11-9-23(10-12-26)31-13-14-32-23/h5-8,20H,3-4,9-15H2,1-2H3,(H2,24,25,28). The highest BCUT2D eigenvalue weighted by atomic mass is 16.7. The lowest BCUT2D eigenvalue weighted by Crippen LogP contribution is -2.51. The van der Waals surface area contributed by atoms with E-state index in [-0.39, 0.29) is 12.6 Å². The highest BCUT2D eigenvalue weighted by molar-refractivity contribution is 5.95. The van der Waals surface area contributed by atoms with Gasteiger partial charge in [0.25, 0.3) is 0 Å². The SMILES string of the molecule is CCOC(=O)C1=C(CN2CCC3(CC2)OCCO3)NC(=O)NC1c1ccccc1OCC. The molecule has 0 aliphatic carbocycles. The second kappa shape index (κ2) is 9.89. The Morgan fingerprint density at radius 3 is 2.56 bits per heavy atom. The molecule has 174 valence electrons. The van der Waals surface area contributed by atoms with Crippen molar-refractivity contribution in [3.63, 3.8) is 0 Å². The van der Waals surface area contributed by atoms with Crippen LogP contribution in [0.25, 0.3) is 0 Å². The van der Waals surface area contributed by atoms with Crippen LogP contribution in [0.1, 0.15) is 38.3 Å². The van der Waals surface area contributed by atoms with Crippen molar-refractivity contribution in [1.29, 1.82) is 0 Å². The van der Waals surface area contributed by atoms with Crippen LogP contribution in [0.5, 0.6) is 5.75 Å². The maximum Gasteiger partial charge on any atom is 0.338 e. The molecule has 32 heavy (non-hydrogen) atoms. The van der Waals surface area contributed by atoms with Crippen LogP contribution in [0.4, 0.5) is 4.79 Å². The van der Waals surface area contributed by atoms with Crippen LogP contribution < -0.4 is 15.4 Å². The van der Waals surface area contributed by atoms with E-state index in [2.05, 4.69) is 15.5 Å². The van der Waals surface area contributed by atoms with Crippen molar-refractivity contribution in [3.8, 4) is 5.75 Å². The Bertz CT molecular complexity index is 870. The topological polar surface area (TPSA) is 98.4 Å².